The van der Waals surface area contributed by atoms with Gasteiger partial charge in [0, 0.05) is 29.7 Å². The Balaban J connectivity index is 0.00000166. The minimum atomic E-state index is -4.86. The average Bonchev–Trinajstić information content (AvgIpc) is 3.05. The molecule has 0 aliphatic rings. The van der Waals surface area contributed by atoms with Gasteiger partial charge < -0.3 is 25.6 Å². The number of benzene rings is 4. The van der Waals surface area contributed by atoms with Crippen LogP contribution in [-0.4, -0.2) is 46.9 Å². The summed E-state index contributed by atoms with van der Waals surface area (Å²) in [5, 5.41) is 22.4. The molecular formula is C38H38ClF3N2O7. The van der Waals surface area contributed by atoms with Gasteiger partial charge in [0.1, 0.15) is 5.75 Å². The van der Waals surface area contributed by atoms with Crippen molar-refractivity contribution in [3.05, 3.63) is 118 Å². The number of carboxylic acids is 2. The van der Waals surface area contributed by atoms with Gasteiger partial charge in [-0.3, -0.25) is 19.2 Å². The van der Waals surface area contributed by atoms with Gasteiger partial charge in [-0.25, -0.2) is 0 Å². The number of hydrogen-bond acceptors (Lipinski definition) is 5. The number of carboxylic acid groups (broad SMARTS) is 2. The molecule has 0 saturated carbocycles. The molecule has 270 valence electrons. The Bertz CT molecular complexity index is 1790. The van der Waals surface area contributed by atoms with Crippen LogP contribution in [0.1, 0.15) is 72.0 Å². The van der Waals surface area contributed by atoms with Crippen LogP contribution in [0.25, 0.3) is 11.1 Å². The third-order valence-electron chi connectivity index (χ3n) is 7.63. The molecular weight excluding hydrogens is 689 g/mol. The highest BCUT2D eigenvalue weighted by Crippen LogP contribution is 2.39. The summed E-state index contributed by atoms with van der Waals surface area (Å²) in [6, 6.07) is 24.9. The number of rotatable bonds is 13. The van der Waals surface area contributed by atoms with Crippen LogP contribution in [0.15, 0.2) is 91.0 Å². The number of hydrogen-bond donors (Lipinski definition) is 4. The maximum atomic E-state index is 14.1. The summed E-state index contributed by atoms with van der Waals surface area (Å²) in [7, 11) is 0. The SMILES string of the molecule is CC(=O)O.CCC[C@@H](c1ccc(C(=O)NCCC(=O)O)cc1)[C@H](C(=O)Nc1ccc(-c2ccc(Cl)cc2C)cc1)c1ccc(OC(F)(F)F)cc1. The van der Waals surface area contributed by atoms with Crippen LogP contribution in [0.4, 0.5) is 18.9 Å². The van der Waals surface area contributed by atoms with Crippen molar-refractivity contribution in [2.45, 2.75) is 58.2 Å². The van der Waals surface area contributed by atoms with Gasteiger partial charge >= 0.3 is 12.3 Å². The lowest BCUT2D eigenvalue weighted by Gasteiger charge is -2.28. The first-order chi connectivity index (χ1) is 24.1. The molecule has 2 atom stereocenters. The smallest absolute Gasteiger partial charge is 0.481 e. The van der Waals surface area contributed by atoms with Gasteiger partial charge in [0.25, 0.3) is 11.9 Å². The zero-order chi connectivity index (χ0) is 37.7. The Hall–Kier alpha value is -5.36. The summed E-state index contributed by atoms with van der Waals surface area (Å²) >= 11 is 6.11. The highest BCUT2D eigenvalue weighted by Gasteiger charge is 2.33. The number of nitrogens with one attached hydrogen (secondary N) is 2. The molecule has 0 saturated heterocycles. The van der Waals surface area contributed by atoms with Gasteiger partial charge in [-0.15, -0.1) is 13.2 Å². The summed E-state index contributed by atoms with van der Waals surface area (Å²) in [4.78, 5) is 46.4. The second-order valence-electron chi connectivity index (χ2n) is 11.6. The van der Waals surface area contributed by atoms with Crippen molar-refractivity contribution in [1.82, 2.24) is 5.32 Å². The Morgan fingerprint density at radius 1 is 0.863 bits per heavy atom. The number of aliphatic carboxylic acids is 2. The van der Waals surface area contributed by atoms with E-state index >= 15 is 0 Å². The third kappa shape index (κ3) is 12.8. The van der Waals surface area contributed by atoms with Crippen LogP contribution in [0, 0.1) is 6.92 Å². The normalized spacial score (nSPS) is 12.1. The van der Waals surface area contributed by atoms with Gasteiger partial charge in [0.15, 0.2) is 0 Å². The molecule has 4 aromatic carbocycles. The Kier molecular flexibility index (Phi) is 14.6. The number of alkyl halides is 3. The van der Waals surface area contributed by atoms with Crippen LogP contribution < -0.4 is 15.4 Å². The van der Waals surface area contributed by atoms with Crippen molar-refractivity contribution in [1.29, 1.82) is 0 Å². The average molecular weight is 727 g/mol. The van der Waals surface area contributed by atoms with Gasteiger partial charge in [0.2, 0.25) is 5.91 Å². The zero-order valence-electron chi connectivity index (χ0n) is 28.1. The number of amides is 2. The summed E-state index contributed by atoms with van der Waals surface area (Å²) in [6.45, 7) is 4.98. The molecule has 0 aliphatic heterocycles. The molecule has 4 rings (SSSR count). The van der Waals surface area contributed by atoms with Crippen molar-refractivity contribution in [2.24, 2.45) is 0 Å². The van der Waals surface area contributed by atoms with E-state index in [2.05, 4.69) is 15.4 Å². The lowest BCUT2D eigenvalue weighted by atomic mass is 9.78. The Morgan fingerprint density at radius 3 is 1.98 bits per heavy atom. The summed E-state index contributed by atoms with van der Waals surface area (Å²) in [6.07, 6.45) is -3.83. The molecule has 2 amide bonds. The molecule has 0 aromatic heterocycles. The minimum absolute atomic E-state index is 0.0229. The molecule has 13 heteroatoms. The monoisotopic (exact) mass is 726 g/mol. The van der Waals surface area contributed by atoms with Crippen molar-refractivity contribution >= 4 is 41.0 Å². The fraction of sp³-hybridized carbons (Fsp3) is 0.263. The molecule has 4 N–H and O–H groups in total. The summed E-state index contributed by atoms with van der Waals surface area (Å²) in [5.74, 6) is -4.29. The fourth-order valence-corrected chi connectivity index (χ4v) is 5.68. The molecule has 9 nitrogen and oxygen atoms in total. The van der Waals surface area contributed by atoms with E-state index in [4.69, 9.17) is 26.6 Å². The largest absolute Gasteiger partial charge is 0.573 e. The van der Waals surface area contributed by atoms with E-state index in [1.54, 1.807) is 36.4 Å². The summed E-state index contributed by atoms with van der Waals surface area (Å²) < 4.78 is 42.6. The number of halogens is 4. The fourth-order valence-electron chi connectivity index (χ4n) is 5.45. The lowest BCUT2D eigenvalue weighted by molar-refractivity contribution is -0.274. The van der Waals surface area contributed by atoms with Crippen LogP contribution in [0.2, 0.25) is 5.02 Å². The number of anilines is 1. The van der Waals surface area contributed by atoms with Gasteiger partial charge in [0.05, 0.1) is 12.3 Å². The van der Waals surface area contributed by atoms with Gasteiger partial charge in [-0.05, 0) is 95.6 Å². The molecule has 0 bridgehead atoms. The highest BCUT2D eigenvalue weighted by atomic mass is 35.5. The van der Waals surface area contributed by atoms with Crippen LogP contribution in [0.5, 0.6) is 5.75 Å². The van der Waals surface area contributed by atoms with Crippen molar-refractivity contribution in [3.8, 4) is 16.9 Å². The molecule has 51 heavy (non-hydrogen) atoms. The van der Waals surface area contributed by atoms with E-state index in [1.165, 1.54) is 24.3 Å². The molecule has 0 unspecified atom stereocenters. The molecule has 0 spiro atoms. The lowest BCUT2D eigenvalue weighted by Crippen LogP contribution is -2.27. The van der Waals surface area contributed by atoms with E-state index in [9.17, 15) is 27.6 Å². The molecule has 0 fully saturated rings. The maximum Gasteiger partial charge on any atom is 0.573 e. The quantitative estimate of drug-likeness (QED) is 0.108. The second-order valence-corrected chi connectivity index (χ2v) is 12.0. The maximum absolute atomic E-state index is 14.1. The number of aryl methyl sites for hydroxylation is 1. The molecule has 0 heterocycles. The van der Waals surface area contributed by atoms with Crippen molar-refractivity contribution < 1.29 is 47.3 Å². The van der Waals surface area contributed by atoms with Gasteiger partial charge in [-0.2, -0.15) is 0 Å². The predicted octanol–water partition coefficient (Wildman–Crippen LogP) is 8.82. The summed E-state index contributed by atoms with van der Waals surface area (Å²) in [5.41, 5.74) is 5.02. The van der Waals surface area contributed by atoms with Crippen LogP contribution >= 0.6 is 11.6 Å². The van der Waals surface area contributed by atoms with E-state index in [0.29, 0.717) is 34.7 Å². The molecule has 0 radical (unpaired) electrons. The zero-order valence-corrected chi connectivity index (χ0v) is 28.8. The van der Waals surface area contributed by atoms with Crippen molar-refractivity contribution in [3.63, 3.8) is 0 Å². The third-order valence-corrected chi connectivity index (χ3v) is 7.87. The first-order valence-corrected chi connectivity index (χ1v) is 16.3. The predicted molar refractivity (Wildman–Crippen MR) is 188 cm³/mol. The number of carbonyl (C=O) groups excluding carboxylic acids is 2. The van der Waals surface area contributed by atoms with E-state index < -0.39 is 41.8 Å². The Morgan fingerprint density at radius 2 is 1.45 bits per heavy atom. The second kappa shape index (κ2) is 18.6. The first-order valence-electron chi connectivity index (χ1n) is 15.9. The van der Waals surface area contributed by atoms with Crippen molar-refractivity contribution in [2.75, 3.05) is 11.9 Å². The first kappa shape index (κ1) is 40.1. The molecule has 0 aliphatic carbocycles. The van der Waals surface area contributed by atoms with E-state index in [-0.39, 0.29) is 18.9 Å². The number of ether oxygens (including phenoxy) is 1. The standard InChI is InChI=1S/C36H34ClF3N2O5.C2H4O2/c1-3-4-31(24-5-7-26(8-6-24)34(45)41-20-19-32(43)44)33(25-11-16-29(17-12-25)47-36(38,39)40)35(46)42-28-14-9-23(10-15-28)30-18-13-27(37)21-22(30)2;1-2(3)4/h5-18,21,31,33H,3-4,19-20H2,1-2H3,(H,41,45)(H,42,46)(H,43,44);1H3,(H,3,4)/t31-,33+;/m0./s1. The van der Waals surface area contributed by atoms with E-state index in [1.807, 2.05) is 44.2 Å². The number of carbonyl (C=O) groups is 4. The highest BCUT2D eigenvalue weighted by molar-refractivity contribution is 6.30. The van der Waals surface area contributed by atoms with Crippen LogP contribution in [0.3, 0.4) is 0 Å². The topological polar surface area (TPSA) is 142 Å². The van der Waals surface area contributed by atoms with Crippen LogP contribution in [-0.2, 0) is 14.4 Å². The minimum Gasteiger partial charge on any atom is -0.481 e. The Labute approximate surface area is 298 Å². The van der Waals surface area contributed by atoms with Gasteiger partial charge in [-0.1, -0.05) is 67.4 Å². The molecule has 4 aromatic rings. The van der Waals surface area contributed by atoms with E-state index in [0.717, 1.165) is 29.2 Å².